The standard InChI is InChI=1S/C19H14Cl2O5/c1-10(19(23)24-2)25-11-6-7-12-16(8-11)26-17(18(12)22)9-13-14(20)4-3-5-15(13)21/h3-10H,1-2H3. The number of Topliss-reactive ketones (excluding diaryl/α,β-unsaturated/α-hetero) is 1. The molecule has 0 bridgehead atoms. The SMILES string of the molecule is COC(=O)C(C)Oc1ccc2c(c1)OC(=Cc1c(Cl)cccc1Cl)C2=O. The van der Waals surface area contributed by atoms with Gasteiger partial charge in [-0.1, -0.05) is 29.3 Å². The van der Waals surface area contributed by atoms with Crippen molar-refractivity contribution in [1.82, 2.24) is 0 Å². The first-order chi connectivity index (χ1) is 12.4. The van der Waals surface area contributed by atoms with Gasteiger partial charge in [0.1, 0.15) is 11.5 Å². The molecule has 1 aliphatic heterocycles. The Kier molecular flexibility index (Phi) is 5.20. The predicted octanol–water partition coefficient (Wildman–Crippen LogP) is 4.55. The van der Waals surface area contributed by atoms with E-state index in [1.807, 2.05) is 0 Å². The van der Waals surface area contributed by atoms with E-state index >= 15 is 0 Å². The molecule has 0 spiro atoms. The Morgan fingerprint density at radius 1 is 1.19 bits per heavy atom. The van der Waals surface area contributed by atoms with Crippen LogP contribution < -0.4 is 9.47 Å². The number of ketones is 1. The molecule has 0 N–H and O–H groups in total. The second kappa shape index (κ2) is 7.40. The number of rotatable bonds is 4. The fourth-order valence-corrected chi connectivity index (χ4v) is 2.94. The van der Waals surface area contributed by atoms with Crippen molar-refractivity contribution in [2.75, 3.05) is 7.11 Å². The first kappa shape index (κ1) is 18.3. The Morgan fingerprint density at radius 2 is 1.88 bits per heavy atom. The molecule has 0 saturated heterocycles. The highest BCUT2D eigenvalue weighted by atomic mass is 35.5. The van der Waals surface area contributed by atoms with Gasteiger partial charge in [0.2, 0.25) is 5.78 Å². The maximum absolute atomic E-state index is 12.5. The van der Waals surface area contributed by atoms with Gasteiger partial charge >= 0.3 is 5.97 Å². The van der Waals surface area contributed by atoms with Crippen molar-refractivity contribution in [3.05, 3.63) is 63.3 Å². The Hall–Kier alpha value is -2.50. The molecule has 0 saturated carbocycles. The summed E-state index contributed by atoms with van der Waals surface area (Å²) >= 11 is 12.3. The molecule has 134 valence electrons. The largest absolute Gasteiger partial charge is 0.479 e. The van der Waals surface area contributed by atoms with Crippen LogP contribution in [0.5, 0.6) is 11.5 Å². The van der Waals surface area contributed by atoms with Gasteiger partial charge in [0.25, 0.3) is 0 Å². The maximum atomic E-state index is 12.5. The average Bonchev–Trinajstić information content (AvgIpc) is 2.92. The van der Waals surface area contributed by atoms with Crippen LogP contribution >= 0.6 is 23.2 Å². The van der Waals surface area contributed by atoms with Gasteiger partial charge in [-0.2, -0.15) is 0 Å². The van der Waals surface area contributed by atoms with E-state index < -0.39 is 12.1 Å². The third-order valence-electron chi connectivity index (χ3n) is 3.76. The van der Waals surface area contributed by atoms with Gasteiger partial charge in [-0.25, -0.2) is 4.79 Å². The molecule has 0 aliphatic carbocycles. The average molecular weight is 393 g/mol. The molecule has 1 aliphatic rings. The molecule has 0 fully saturated rings. The summed E-state index contributed by atoms with van der Waals surface area (Å²) in [5, 5.41) is 0.821. The van der Waals surface area contributed by atoms with E-state index in [4.69, 9.17) is 32.7 Å². The molecular formula is C19H14Cl2O5. The minimum absolute atomic E-state index is 0.105. The van der Waals surface area contributed by atoms with Crippen LogP contribution in [0.4, 0.5) is 0 Å². The van der Waals surface area contributed by atoms with Gasteiger partial charge in [-0.05, 0) is 37.3 Å². The van der Waals surface area contributed by atoms with Crippen LogP contribution in [-0.2, 0) is 9.53 Å². The Labute approximate surface area is 160 Å². The van der Waals surface area contributed by atoms with E-state index in [0.29, 0.717) is 32.7 Å². The summed E-state index contributed by atoms with van der Waals surface area (Å²) in [4.78, 5) is 24.0. The van der Waals surface area contributed by atoms with E-state index in [9.17, 15) is 9.59 Å². The molecule has 26 heavy (non-hydrogen) atoms. The molecule has 1 unspecified atom stereocenters. The number of hydrogen-bond donors (Lipinski definition) is 0. The van der Waals surface area contributed by atoms with Gasteiger partial charge in [0.15, 0.2) is 11.9 Å². The highest BCUT2D eigenvalue weighted by Gasteiger charge is 2.28. The fourth-order valence-electron chi connectivity index (χ4n) is 2.44. The molecule has 1 atom stereocenters. The third kappa shape index (κ3) is 3.54. The number of fused-ring (bicyclic) bond motifs is 1. The lowest BCUT2D eigenvalue weighted by Crippen LogP contribution is -2.24. The minimum Gasteiger partial charge on any atom is -0.479 e. The van der Waals surface area contributed by atoms with E-state index in [1.54, 1.807) is 43.3 Å². The quantitative estimate of drug-likeness (QED) is 0.564. The van der Waals surface area contributed by atoms with E-state index in [0.717, 1.165) is 0 Å². The number of halogens is 2. The van der Waals surface area contributed by atoms with Gasteiger partial charge in [-0.3, -0.25) is 4.79 Å². The maximum Gasteiger partial charge on any atom is 0.346 e. The molecule has 7 heteroatoms. The lowest BCUT2D eigenvalue weighted by molar-refractivity contribution is -0.147. The smallest absolute Gasteiger partial charge is 0.346 e. The number of allylic oxidation sites excluding steroid dienone is 1. The van der Waals surface area contributed by atoms with Gasteiger partial charge in [0, 0.05) is 21.7 Å². The van der Waals surface area contributed by atoms with Crippen molar-refractivity contribution >= 4 is 41.0 Å². The molecule has 3 rings (SSSR count). The second-order valence-corrected chi connectivity index (χ2v) is 6.33. The summed E-state index contributed by atoms with van der Waals surface area (Å²) in [6.45, 7) is 1.57. The predicted molar refractivity (Wildman–Crippen MR) is 97.9 cm³/mol. The molecule has 0 radical (unpaired) electrons. The monoisotopic (exact) mass is 392 g/mol. The Balaban J connectivity index is 1.87. The molecule has 5 nitrogen and oxygen atoms in total. The summed E-state index contributed by atoms with van der Waals surface area (Å²) in [5.74, 6) is 0.0265. The van der Waals surface area contributed by atoms with Crippen LogP contribution in [0.1, 0.15) is 22.8 Å². The number of ether oxygens (including phenoxy) is 3. The lowest BCUT2D eigenvalue weighted by Gasteiger charge is -2.12. The second-order valence-electron chi connectivity index (χ2n) is 5.52. The van der Waals surface area contributed by atoms with Crippen molar-refractivity contribution in [2.24, 2.45) is 0 Å². The summed E-state index contributed by atoms with van der Waals surface area (Å²) in [7, 11) is 1.28. The summed E-state index contributed by atoms with van der Waals surface area (Å²) in [6.07, 6.45) is 0.719. The first-order valence-corrected chi connectivity index (χ1v) is 8.43. The number of benzene rings is 2. The number of hydrogen-bond acceptors (Lipinski definition) is 5. The van der Waals surface area contributed by atoms with Gasteiger partial charge in [-0.15, -0.1) is 0 Å². The number of carbonyl (C=O) groups excluding carboxylic acids is 2. The molecule has 1 heterocycles. The lowest BCUT2D eigenvalue weighted by atomic mass is 10.1. The molecule has 2 aromatic rings. The van der Waals surface area contributed by atoms with Crippen LogP contribution in [0, 0.1) is 0 Å². The molecule has 0 aromatic heterocycles. The molecule has 2 aromatic carbocycles. The normalized spacial score (nSPS) is 15.4. The fraction of sp³-hybridized carbons (Fsp3) is 0.158. The summed E-state index contributed by atoms with van der Waals surface area (Å²) < 4.78 is 15.7. The third-order valence-corrected chi connectivity index (χ3v) is 4.42. The molecular weight excluding hydrogens is 379 g/mol. The van der Waals surface area contributed by atoms with Gasteiger partial charge in [0.05, 0.1) is 12.7 Å². The Morgan fingerprint density at radius 3 is 2.54 bits per heavy atom. The number of carbonyl (C=O) groups is 2. The zero-order valence-corrected chi connectivity index (χ0v) is 15.4. The zero-order chi connectivity index (χ0) is 18.8. The van der Waals surface area contributed by atoms with Crippen LogP contribution in [0.2, 0.25) is 10.0 Å². The highest BCUT2D eigenvalue weighted by Crippen LogP contribution is 2.36. The zero-order valence-electron chi connectivity index (χ0n) is 13.9. The van der Waals surface area contributed by atoms with Crippen molar-refractivity contribution in [1.29, 1.82) is 0 Å². The highest BCUT2D eigenvalue weighted by molar-refractivity contribution is 6.37. The first-order valence-electron chi connectivity index (χ1n) is 7.67. The van der Waals surface area contributed by atoms with Crippen molar-refractivity contribution < 1.29 is 23.8 Å². The summed E-state index contributed by atoms with van der Waals surface area (Å²) in [5.41, 5.74) is 0.889. The van der Waals surface area contributed by atoms with Crippen LogP contribution in [0.25, 0.3) is 6.08 Å². The van der Waals surface area contributed by atoms with Gasteiger partial charge < -0.3 is 14.2 Å². The van der Waals surface area contributed by atoms with E-state index in [2.05, 4.69) is 4.74 Å². The molecule has 0 amide bonds. The van der Waals surface area contributed by atoms with E-state index in [-0.39, 0.29) is 11.5 Å². The number of methoxy groups -OCH3 is 1. The summed E-state index contributed by atoms with van der Waals surface area (Å²) in [6, 6.07) is 9.77. The van der Waals surface area contributed by atoms with Crippen LogP contribution in [0.15, 0.2) is 42.2 Å². The van der Waals surface area contributed by atoms with Crippen molar-refractivity contribution in [3.8, 4) is 11.5 Å². The topological polar surface area (TPSA) is 61.8 Å². The van der Waals surface area contributed by atoms with E-state index in [1.165, 1.54) is 13.2 Å². The minimum atomic E-state index is -0.785. The van der Waals surface area contributed by atoms with Crippen molar-refractivity contribution in [2.45, 2.75) is 13.0 Å². The Bertz CT molecular complexity index is 900. The van der Waals surface area contributed by atoms with Crippen LogP contribution in [0.3, 0.4) is 0 Å². The number of esters is 1. The van der Waals surface area contributed by atoms with Crippen LogP contribution in [-0.4, -0.2) is 25.0 Å². The van der Waals surface area contributed by atoms with Crippen molar-refractivity contribution in [3.63, 3.8) is 0 Å².